The molecule has 0 aliphatic heterocycles. The molecule has 10 heteroatoms. The summed E-state index contributed by atoms with van der Waals surface area (Å²) in [5, 5.41) is 4.73. The molecule has 0 radical (unpaired) electrons. The fourth-order valence-electron chi connectivity index (χ4n) is 2.17. The molecule has 1 unspecified atom stereocenters. The Balaban J connectivity index is 1.76. The zero-order valence-electron chi connectivity index (χ0n) is 15.2. The number of imide groups is 1. The molecular formula is C17H23N3O6S. The average molecular weight is 397 g/mol. The Kier molecular flexibility index (Phi) is 6.92. The molecule has 3 amide bonds. The number of benzene rings is 1. The second-order valence-electron chi connectivity index (χ2n) is 6.22. The molecule has 1 saturated carbocycles. The Morgan fingerprint density at radius 2 is 1.81 bits per heavy atom. The van der Waals surface area contributed by atoms with Gasteiger partial charge in [-0.05, 0) is 50.9 Å². The summed E-state index contributed by atoms with van der Waals surface area (Å²) >= 11 is 0. The molecule has 0 spiro atoms. The van der Waals surface area contributed by atoms with Crippen LogP contribution in [0.5, 0.6) is 0 Å². The number of nitrogens with one attached hydrogen (secondary N) is 3. The van der Waals surface area contributed by atoms with E-state index in [0.29, 0.717) is 6.42 Å². The average Bonchev–Trinajstić information content (AvgIpc) is 3.44. The molecular weight excluding hydrogens is 374 g/mol. The molecule has 1 fully saturated rings. The van der Waals surface area contributed by atoms with Gasteiger partial charge in [0.05, 0.1) is 4.90 Å². The van der Waals surface area contributed by atoms with E-state index in [0.717, 1.165) is 18.4 Å². The minimum atomic E-state index is -3.50. The van der Waals surface area contributed by atoms with Crippen molar-refractivity contribution in [3.8, 4) is 0 Å². The van der Waals surface area contributed by atoms with Crippen molar-refractivity contribution < 1.29 is 27.5 Å². The molecule has 1 aliphatic rings. The Morgan fingerprint density at radius 3 is 2.37 bits per heavy atom. The first kappa shape index (κ1) is 20.8. The van der Waals surface area contributed by atoms with Crippen LogP contribution in [0.3, 0.4) is 0 Å². The molecule has 0 aromatic heterocycles. The molecule has 1 aromatic rings. The van der Waals surface area contributed by atoms with Gasteiger partial charge in [0.15, 0.2) is 6.10 Å². The van der Waals surface area contributed by atoms with E-state index >= 15 is 0 Å². The molecule has 1 aliphatic carbocycles. The maximum absolute atomic E-state index is 11.9. The van der Waals surface area contributed by atoms with Gasteiger partial charge in [0.2, 0.25) is 10.0 Å². The first-order chi connectivity index (χ1) is 12.7. The predicted molar refractivity (Wildman–Crippen MR) is 96.3 cm³/mol. The van der Waals surface area contributed by atoms with Crippen LogP contribution in [0.25, 0.3) is 0 Å². The van der Waals surface area contributed by atoms with Gasteiger partial charge < -0.3 is 10.1 Å². The van der Waals surface area contributed by atoms with Gasteiger partial charge in [-0.25, -0.2) is 17.9 Å². The number of carbonyl (C=O) groups excluding carboxylic acids is 3. The third kappa shape index (κ3) is 6.65. The number of hydrogen-bond donors (Lipinski definition) is 3. The molecule has 1 aromatic carbocycles. The standard InChI is InChI=1S/C17H23N3O6S/c1-11(16(22)20-17(23)19-13-6-7-13)26-15(21)10-5-12-3-8-14(9-4-12)27(24,25)18-2/h3-4,8-9,11,13,18H,5-7,10H2,1-2H3,(H2,19,20,22,23). The number of amides is 3. The van der Waals surface area contributed by atoms with Crippen LogP contribution in [0.15, 0.2) is 29.2 Å². The van der Waals surface area contributed by atoms with E-state index in [4.69, 9.17) is 4.74 Å². The van der Waals surface area contributed by atoms with Gasteiger partial charge in [-0.1, -0.05) is 12.1 Å². The Morgan fingerprint density at radius 1 is 1.19 bits per heavy atom. The lowest BCUT2D eigenvalue weighted by Crippen LogP contribution is -2.45. The normalized spacial score (nSPS) is 14.9. The van der Waals surface area contributed by atoms with E-state index in [-0.39, 0.29) is 17.4 Å². The van der Waals surface area contributed by atoms with Crippen LogP contribution in [-0.2, 0) is 30.8 Å². The van der Waals surface area contributed by atoms with Crippen molar-refractivity contribution in [1.29, 1.82) is 0 Å². The number of aryl methyl sites for hydroxylation is 1. The summed E-state index contributed by atoms with van der Waals surface area (Å²) in [6.07, 6.45) is 1.05. The van der Waals surface area contributed by atoms with Crippen LogP contribution >= 0.6 is 0 Å². The van der Waals surface area contributed by atoms with Crippen molar-refractivity contribution in [3.63, 3.8) is 0 Å². The van der Waals surface area contributed by atoms with Gasteiger partial charge in [0, 0.05) is 12.5 Å². The number of hydrogen-bond acceptors (Lipinski definition) is 6. The molecule has 0 heterocycles. The highest BCUT2D eigenvalue weighted by Gasteiger charge is 2.25. The number of carbonyl (C=O) groups is 3. The van der Waals surface area contributed by atoms with E-state index in [2.05, 4.69) is 15.4 Å². The molecule has 0 bridgehead atoms. The number of rotatable bonds is 8. The monoisotopic (exact) mass is 397 g/mol. The van der Waals surface area contributed by atoms with Crippen LogP contribution in [0, 0.1) is 0 Å². The van der Waals surface area contributed by atoms with Gasteiger partial charge in [0.25, 0.3) is 5.91 Å². The van der Waals surface area contributed by atoms with Crippen molar-refractivity contribution in [1.82, 2.24) is 15.4 Å². The van der Waals surface area contributed by atoms with E-state index in [9.17, 15) is 22.8 Å². The number of sulfonamides is 1. The lowest BCUT2D eigenvalue weighted by molar-refractivity contribution is -0.154. The zero-order chi connectivity index (χ0) is 20.0. The lowest BCUT2D eigenvalue weighted by atomic mass is 10.1. The summed E-state index contributed by atoms with van der Waals surface area (Å²) in [5.41, 5.74) is 0.753. The largest absolute Gasteiger partial charge is 0.453 e. The zero-order valence-corrected chi connectivity index (χ0v) is 16.0. The second-order valence-corrected chi connectivity index (χ2v) is 8.11. The molecule has 1 atom stereocenters. The Labute approximate surface area is 157 Å². The van der Waals surface area contributed by atoms with Crippen LogP contribution in [0.1, 0.15) is 31.7 Å². The fraction of sp³-hybridized carbons (Fsp3) is 0.471. The molecule has 0 saturated heterocycles. The summed E-state index contributed by atoms with van der Waals surface area (Å²) < 4.78 is 30.5. The molecule has 9 nitrogen and oxygen atoms in total. The Hall–Kier alpha value is -2.46. The lowest BCUT2D eigenvalue weighted by Gasteiger charge is -2.13. The topological polar surface area (TPSA) is 131 Å². The highest BCUT2D eigenvalue weighted by atomic mass is 32.2. The summed E-state index contributed by atoms with van der Waals surface area (Å²) in [7, 11) is -2.18. The summed E-state index contributed by atoms with van der Waals surface area (Å²) in [6.45, 7) is 1.38. The van der Waals surface area contributed by atoms with Gasteiger partial charge in [-0.3, -0.25) is 14.9 Å². The van der Waals surface area contributed by atoms with Crippen LogP contribution < -0.4 is 15.4 Å². The van der Waals surface area contributed by atoms with Crippen LogP contribution in [0.4, 0.5) is 4.79 Å². The minimum absolute atomic E-state index is 0.0179. The van der Waals surface area contributed by atoms with E-state index in [1.54, 1.807) is 12.1 Å². The molecule has 148 valence electrons. The number of ether oxygens (including phenoxy) is 1. The first-order valence-corrected chi connectivity index (χ1v) is 10.0. The van der Waals surface area contributed by atoms with Crippen molar-refractivity contribution in [2.45, 2.75) is 49.6 Å². The highest BCUT2D eigenvalue weighted by molar-refractivity contribution is 7.89. The molecule has 2 rings (SSSR count). The highest BCUT2D eigenvalue weighted by Crippen LogP contribution is 2.18. The van der Waals surface area contributed by atoms with Crippen molar-refractivity contribution in [2.24, 2.45) is 0 Å². The van der Waals surface area contributed by atoms with Crippen LogP contribution in [-0.4, -0.2) is 45.5 Å². The van der Waals surface area contributed by atoms with Crippen molar-refractivity contribution >= 4 is 27.9 Å². The summed E-state index contributed by atoms with van der Waals surface area (Å²) in [5.74, 6) is -1.28. The van der Waals surface area contributed by atoms with Crippen molar-refractivity contribution in [2.75, 3.05) is 7.05 Å². The van der Waals surface area contributed by atoms with Crippen LogP contribution in [0.2, 0.25) is 0 Å². The van der Waals surface area contributed by atoms with E-state index in [1.807, 2.05) is 0 Å². The fourth-order valence-corrected chi connectivity index (χ4v) is 2.90. The maximum Gasteiger partial charge on any atom is 0.321 e. The van der Waals surface area contributed by atoms with Gasteiger partial charge in [-0.15, -0.1) is 0 Å². The minimum Gasteiger partial charge on any atom is -0.453 e. The van der Waals surface area contributed by atoms with Gasteiger partial charge in [-0.2, -0.15) is 0 Å². The van der Waals surface area contributed by atoms with E-state index in [1.165, 1.54) is 26.1 Å². The quantitative estimate of drug-likeness (QED) is 0.546. The first-order valence-electron chi connectivity index (χ1n) is 8.54. The third-order valence-electron chi connectivity index (χ3n) is 3.95. The molecule has 27 heavy (non-hydrogen) atoms. The Bertz CT molecular complexity index is 802. The summed E-state index contributed by atoms with van der Waals surface area (Å²) in [4.78, 5) is 35.3. The number of urea groups is 1. The SMILES string of the molecule is CNS(=O)(=O)c1ccc(CCC(=O)OC(C)C(=O)NC(=O)NC2CC2)cc1. The van der Waals surface area contributed by atoms with Gasteiger partial charge >= 0.3 is 12.0 Å². The van der Waals surface area contributed by atoms with E-state index < -0.39 is 34.0 Å². The smallest absolute Gasteiger partial charge is 0.321 e. The molecule has 3 N–H and O–H groups in total. The summed E-state index contributed by atoms with van der Waals surface area (Å²) in [6, 6.07) is 5.63. The third-order valence-corrected chi connectivity index (χ3v) is 5.38. The number of esters is 1. The predicted octanol–water partition coefficient (Wildman–Crippen LogP) is 0.447. The van der Waals surface area contributed by atoms with Gasteiger partial charge in [0.1, 0.15) is 0 Å². The second kappa shape index (κ2) is 8.96. The van der Waals surface area contributed by atoms with Crippen molar-refractivity contribution in [3.05, 3.63) is 29.8 Å². The maximum atomic E-state index is 11.9.